The maximum absolute atomic E-state index is 11.8. The lowest BCUT2D eigenvalue weighted by molar-refractivity contribution is 0.0799. The Balaban J connectivity index is 2.66. The van der Waals surface area contributed by atoms with Gasteiger partial charge in [-0.3, -0.25) is 0 Å². The number of hydrogen-bond donors (Lipinski definition) is 1. The predicted octanol–water partition coefficient (Wildman–Crippen LogP) is 0.833. The van der Waals surface area contributed by atoms with Crippen LogP contribution in [0.4, 0.5) is 0 Å². The van der Waals surface area contributed by atoms with E-state index in [0.29, 0.717) is 6.61 Å². The third-order valence-corrected chi connectivity index (χ3v) is 3.49. The van der Waals surface area contributed by atoms with Crippen LogP contribution in [0.5, 0.6) is 0 Å². The molecule has 0 aliphatic carbocycles. The lowest BCUT2D eigenvalue weighted by Crippen LogP contribution is -2.32. The molecular formula is C9H14ClN3O3S. The minimum absolute atomic E-state index is 0.00614. The Morgan fingerprint density at radius 3 is 2.59 bits per heavy atom. The molecule has 0 aliphatic heterocycles. The van der Waals surface area contributed by atoms with Crippen LogP contribution in [0, 0.1) is 0 Å². The van der Waals surface area contributed by atoms with Crippen molar-refractivity contribution in [2.45, 2.75) is 24.8 Å². The van der Waals surface area contributed by atoms with Crippen LogP contribution in [-0.4, -0.2) is 37.6 Å². The molecule has 1 rings (SSSR count). The summed E-state index contributed by atoms with van der Waals surface area (Å²) in [5.74, 6) is 0. The normalized spacial score (nSPS) is 13.6. The molecule has 6 nitrogen and oxygen atoms in total. The van der Waals surface area contributed by atoms with Gasteiger partial charge < -0.3 is 4.74 Å². The summed E-state index contributed by atoms with van der Waals surface area (Å²) in [6.45, 7) is 4.36. The first-order valence-electron chi connectivity index (χ1n) is 5.04. The van der Waals surface area contributed by atoms with Crippen molar-refractivity contribution in [2.24, 2.45) is 0 Å². The maximum atomic E-state index is 11.8. The van der Waals surface area contributed by atoms with Crippen molar-refractivity contribution in [3.8, 4) is 0 Å². The van der Waals surface area contributed by atoms with E-state index in [2.05, 4.69) is 14.7 Å². The molecule has 8 heteroatoms. The Morgan fingerprint density at radius 1 is 1.47 bits per heavy atom. The molecule has 0 spiro atoms. The highest BCUT2D eigenvalue weighted by Gasteiger charge is 2.16. The zero-order valence-corrected chi connectivity index (χ0v) is 11.1. The number of ether oxygens (including phenoxy) is 1. The summed E-state index contributed by atoms with van der Waals surface area (Å²) in [7, 11) is -3.60. The molecule has 0 aromatic carbocycles. The largest absolute Gasteiger partial charge is 0.377 e. The van der Waals surface area contributed by atoms with Crippen molar-refractivity contribution in [1.82, 2.24) is 14.7 Å². The molecule has 1 unspecified atom stereocenters. The van der Waals surface area contributed by atoms with Crippen LogP contribution in [0.2, 0.25) is 5.28 Å². The second-order valence-corrected chi connectivity index (χ2v) is 5.41. The minimum Gasteiger partial charge on any atom is -0.377 e. The monoisotopic (exact) mass is 279 g/mol. The first-order valence-corrected chi connectivity index (χ1v) is 6.90. The average molecular weight is 280 g/mol. The zero-order chi connectivity index (χ0) is 12.9. The lowest BCUT2D eigenvalue weighted by atomic mass is 10.4. The van der Waals surface area contributed by atoms with E-state index in [-0.39, 0.29) is 22.8 Å². The van der Waals surface area contributed by atoms with Gasteiger partial charge in [-0.25, -0.2) is 23.1 Å². The number of sulfonamides is 1. The number of nitrogens with zero attached hydrogens (tertiary/aromatic N) is 2. The van der Waals surface area contributed by atoms with E-state index in [0.717, 1.165) is 12.4 Å². The fourth-order valence-corrected chi connectivity index (χ4v) is 2.19. The van der Waals surface area contributed by atoms with Gasteiger partial charge in [0.1, 0.15) is 4.90 Å². The summed E-state index contributed by atoms with van der Waals surface area (Å²) in [5, 5.41) is 0.00614. The van der Waals surface area contributed by atoms with Crippen LogP contribution in [0.1, 0.15) is 13.8 Å². The fourth-order valence-electron chi connectivity index (χ4n) is 1.09. The number of halogens is 1. The summed E-state index contributed by atoms with van der Waals surface area (Å²) in [6, 6.07) is 0. The molecule has 1 N–H and O–H groups in total. The molecule has 0 radical (unpaired) electrons. The Morgan fingerprint density at radius 2 is 2.06 bits per heavy atom. The summed E-state index contributed by atoms with van der Waals surface area (Å²) in [6.07, 6.45) is 2.12. The second kappa shape index (κ2) is 6.25. The maximum Gasteiger partial charge on any atom is 0.243 e. The molecule has 17 heavy (non-hydrogen) atoms. The Kier molecular flexibility index (Phi) is 5.26. The number of aromatic nitrogens is 2. The van der Waals surface area contributed by atoms with Gasteiger partial charge in [-0.2, -0.15) is 0 Å². The third-order valence-electron chi connectivity index (χ3n) is 1.92. The van der Waals surface area contributed by atoms with Crippen molar-refractivity contribution in [3.05, 3.63) is 17.7 Å². The van der Waals surface area contributed by atoms with E-state index in [1.165, 1.54) is 0 Å². The van der Waals surface area contributed by atoms with Crippen molar-refractivity contribution in [2.75, 3.05) is 13.2 Å². The predicted molar refractivity (Wildman–Crippen MR) is 63.3 cm³/mol. The highest BCUT2D eigenvalue weighted by molar-refractivity contribution is 7.89. The van der Waals surface area contributed by atoms with Crippen molar-refractivity contribution in [1.29, 1.82) is 0 Å². The van der Waals surface area contributed by atoms with Gasteiger partial charge in [0.05, 0.1) is 18.5 Å². The minimum atomic E-state index is -3.60. The van der Waals surface area contributed by atoms with Gasteiger partial charge >= 0.3 is 0 Å². The Hall–Kier alpha value is -0.760. The molecule has 1 heterocycles. The number of rotatable bonds is 6. The molecule has 0 fully saturated rings. The van der Waals surface area contributed by atoms with E-state index >= 15 is 0 Å². The molecule has 0 saturated heterocycles. The van der Waals surface area contributed by atoms with Gasteiger partial charge in [-0.05, 0) is 25.4 Å². The molecule has 0 bridgehead atoms. The van der Waals surface area contributed by atoms with Crippen LogP contribution in [0.15, 0.2) is 17.3 Å². The van der Waals surface area contributed by atoms with Crippen LogP contribution >= 0.6 is 11.6 Å². The highest BCUT2D eigenvalue weighted by atomic mass is 35.5. The van der Waals surface area contributed by atoms with Crippen molar-refractivity contribution >= 4 is 21.6 Å². The summed E-state index contributed by atoms with van der Waals surface area (Å²) < 4.78 is 31.1. The Bertz CT molecular complexity index is 449. The van der Waals surface area contributed by atoms with Crippen molar-refractivity contribution in [3.63, 3.8) is 0 Å². The standard InChI is InChI=1S/C9H14ClN3O3S/c1-3-16-7(2)4-13-17(14,15)8-5-11-9(10)12-6-8/h5-7,13H,3-4H2,1-2H3. The molecule has 96 valence electrons. The van der Waals surface area contributed by atoms with Crippen LogP contribution in [0.3, 0.4) is 0 Å². The van der Waals surface area contributed by atoms with Gasteiger partial charge in [-0.1, -0.05) is 0 Å². The van der Waals surface area contributed by atoms with Crippen LogP contribution < -0.4 is 4.72 Å². The SMILES string of the molecule is CCOC(C)CNS(=O)(=O)c1cnc(Cl)nc1. The zero-order valence-electron chi connectivity index (χ0n) is 9.55. The van der Waals surface area contributed by atoms with Gasteiger partial charge in [0.2, 0.25) is 15.3 Å². The third kappa shape index (κ3) is 4.55. The van der Waals surface area contributed by atoms with Gasteiger partial charge in [0, 0.05) is 13.2 Å². The second-order valence-electron chi connectivity index (χ2n) is 3.31. The molecule has 1 aromatic heterocycles. The number of nitrogens with one attached hydrogen (secondary N) is 1. The topological polar surface area (TPSA) is 81.2 Å². The summed E-state index contributed by atoms with van der Waals surface area (Å²) in [4.78, 5) is 7.20. The van der Waals surface area contributed by atoms with Gasteiger partial charge in [0.15, 0.2) is 0 Å². The van der Waals surface area contributed by atoms with E-state index < -0.39 is 10.0 Å². The molecular weight excluding hydrogens is 266 g/mol. The summed E-state index contributed by atoms with van der Waals surface area (Å²) >= 11 is 5.47. The summed E-state index contributed by atoms with van der Waals surface area (Å²) in [5.41, 5.74) is 0. The first-order chi connectivity index (χ1) is 7.95. The quantitative estimate of drug-likeness (QED) is 0.780. The molecule has 1 atom stereocenters. The molecule has 1 aromatic rings. The molecule has 0 amide bonds. The van der Waals surface area contributed by atoms with Gasteiger partial charge in [0.25, 0.3) is 0 Å². The lowest BCUT2D eigenvalue weighted by Gasteiger charge is -2.12. The van der Waals surface area contributed by atoms with Crippen molar-refractivity contribution < 1.29 is 13.2 Å². The average Bonchev–Trinajstić information content (AvgIpc) is 2.28. The van der Waals surface area contributed by atoms with E-state index in [9.17, 15) is 8.42 Å². The van der Waals surface area contributed by atoms with E-state index in [1.54, 1.807) is 6.92 Å². The van der Waals surface area contributed by atoms with E-state index in [4.69, 9.17) is 16.3 Å². The number of hydrogen-bond acceptors (Lipinski definition) is 5. The highest BCUT2D eigenvalue weighted by Crippen LogP contribution is 2.07. The van der Waals surface area contributed by atoms with E-state index in [1.807, 2.05) is 6.92 Å². The van der Waals surface area contributed by atoms with Crippen LogP contribution in [-0.2, 0) is 14.8 Å². The van der Waals surface area contributed by atoms with Gasteiger partial charge in [-0.15, -0.1) is 0 Å². The first kappa shape index (κ1) is 14.3. The smallest absolute Gasteiger partial charge is 0.243 e. The molecule has 0 aliphatic rings. The molecule has 0 saturated carbocycles. The fraction of sp³-hybridized carbons (Fsp3) is 0.556. The van der Waals surface area contributed by atoms with Crippen LogP contribution in [0.25, 0.3) is 0 Å². The Labute approximate surface area is 105 Å².